The van der Waals surface area contributed by atoms with Crippen molar-refractivity contribution in [3.63, 3.8) is 0 Å². The van der Waals surface area contributed by atoms with Gasteiger partial charge in [-0.2, -0.15) is 4.98 Å². The van der Waals surface area contributed by atoms with Gasteiger partial charge in [-0.25, -0.2) is 0 Å². The second-order valence-electron chi connectivity index (χ2n) is 7.51. The first-order valence-corrected chi connectivity index (χ1v) is 9.40. The van der Waals surface area contributed by atoms with Gasteiger partial charge in [0, 0.05) is 24.5 Å². The molecule has 1 saturated heterocycles. The molecule has 2 fully saturated rings. The smallest absolute Gasteiger partial charge is 0.311 e. The van der Waals surface area contributed by atoms with E-state index in [1.165, 1.54) is 0 Å². The lowest BCUT2D eigenvalue weighted by molar-refractivity contribution is -0.149. The first kappa shape index (κ1) is 17.5. The average molecular weight is 376 g/mol. The van der Waals surface area contributed by atoms with Crippen LogP contribution in [0.5, 0.6) is 0 Å². The number of carboxylic acid groups (broad SMARTS) is 1. The Morgan fingerprint density at radius 1 is 1.46 bits per heavy atom. The second kappa shape index (κ2) is 6.67. The largest absolute Gasteiger partial charge is 0.481 e. The van der Waals surface area contributed by atoms with E-state index in [2.05, 4.69) is 15.0 Å². The fourth-order valence-corrected chi connectivity index (χ4v) is 4.55. The van der Waals surface area contributed by atoms with Crippen LogP contribution in [0.15, 0.2) is 28.8 Å². The van der Waals surface area contributed by atoms with E-state index in [4.69, 9.17) is 16.1 Å². The molecule has 138 valence electrons. The van der Waals surface area contributed by atoms with E-state index < -0.39 is 11.4 Å². The Morgan fingerprint density at radius 2 is 2.23 bits per heavy atom. The molecule has 1 aliphatic heterocycles. The Morgan fingerprint density at radius 3 is 2.92 bits per heavy atom. The lowest BCUT2D eigenvalue weighted by Crippen LogP contribution is -2.36. The van der Waals surface area contributed by atoms with Crippen LogP contribution in [-0.4, -0.2) is 39.2 Å². The maximum atomic E-state index is 11.9. The third-order valence-corrected chi connectivity index (χ3v) is 6.24. The summed E-state index contributed by atoms with van der Waals surface area (Å²) in [6, 6.07) is 7.49. The molecule has 0 radical (unpaired) electrons. The summed E-state index contributed by atoms with van der Waals surface area (Å²) in [5.41, 5.74) is 0.468. The maximum Gasteiger partial charge on any atom is 0.311 e. The van der Waals surface area contributed by atoms with Gasteiger partial charge in [0.25, 0.3) is 0 Å². The van der Waals surface area contributed by atoms with Crippen LogP contribution in [0.25, 0.3) is 0 Å². The normalized spacial score (nSPS) is 26.8. The molecule has 1 saturated carbocycles. The Hall–Kier alpha value is -1.92. The van der Waals surface area contributed by atoms with E-state index in [0.29, 0.717) is 29.7 Å². The van der Waals surface area contributed by atoms with Crippen LogP contribution in [0.4, 0.5) is 0 Å². The molecule has 0 amide bonds. The average Bonchev–Trinajstić information content (AvgIpc) is 3.30. The molecule has 1 N–H and O–H groups in total. The van der Waals surface area contributed by atoms with Gasteiger partial charge < -0.3 is 9.63 Å². The molecule has 0 spiro atoms. The van der Waals surface area contributed by atoms with E-state index in [9.17, 15) is 9.90 Å². The number of aromatic nitrogens is 2. The van der Waals surface area contributed by atoms with Crippen molar-refractivity contribution in [1.82, 2.24) is 15.0 Å². The molecular weight excluding hydrogens is 354 g/mol. The summed E-state index contributed by atoms with van der Waals surface area (Å²) in [4.78, 5) is 18.6. The quantitative estimate of drug-likeness (QED) is 0.860. The van der Waals surface area contributed by atoms with Crippen LogP contribution < -0.4 is 0 Å². The van der Waals surface area contributed by atoms with E-state index in [0.717, 1.165) is 31.4 Å². The SMILES string of the molecule is CC(c1nc(Cc2ccc(Cl)cc2)no1)N1C[C@@H]2CCC[C@@]2(C(=O)O)C1. The highest BCUT2D eigenvalue weighted by atomic mass is 35.5. The highest BCUT2D eigenvalue weighted by Gasteiger charge is 2.55. The number of likely N-dealkylation sites (tertiary alicyclic amines) is 1. The van der Waals surface area contributed by atoms with Gasteiger partial charge in [-0.15, -0.1) is 0 Å². The van der Waals surface area contributed by atoms with E-state index >= 15 is 0 Å². The van der Waals surface area contributed by atoms with Crippen LogP contribution in [-0.2, 0) is 11.2 Å². The van der Waals surface area contributed by atoms with Crippen LogP contribution >= 0.6 is 11.6 Å². The zero-order chi connectivity index (χ0) is 18.3. The molecule has 26 heavy (non-hydrogen) atoms. The van der Waals surface area contributed by atoms with Gasteiger partial charge in [-0.3, -0.25) is 9.69 Å². The summed E-state index contributed by atoms with van der Waals surface area (Å²) in [6.45, 7) is 3.35. The third kappa shape index (κ3) is 3.01. The van der Waals surface area contributed by atoms with Crippen molar-refractivity contribution in [2.75, 3.05) is 13.1 Å². The zero-order valence-corrected chi connectivity index (χ0v) is 15.4. The molecule has 2 aromatic rings. The molecule has 1 aromatic carbocycles. The summed E-state index contributed by atoms with van der Waals surface area (Å²) in [5.74, 6) is 0.735. The van der Waals surface area contributed by atoms with E-state index in [-0.39, 0.29) is 12.0 Å². The Bertz CT molecular complexity index is 807. The summed E-state index contributed by atoms with van der Waals surface area (Å²) in [6.07, 6.45) is 3.34. The summed E-state index contributed by atoms with van der Waals surface area (Å²) in [5, 5.41) is 14.5. The second-order valence-corrected chi connectivity index (χ2v) is 7.94. The molecule has 1 aromatic heterocycles. The van der Waals surface area contributed by atoms with Crippen molar-refractivity contribution in [3.05, 3.63) is 46.6 Å². The first-order chi connectivity index (χ1) is 12.5. The number of hydrogen-bond acceptors (Lipinski definition) is 5. The summed E-state index contributed by atoms with van der Waals surface area (Å²) >= 11 is 5.91. The summed E-state index contributed by atoms with van der Waals surface area (Å²) < 4.78 is 5.47. The monoisotopic (exact) mass is 375 g/mol. The van der Waals surface area contributed by atoms with Gasteiger partial charge in [-0.05, 0) is 43.4 Å². The molecule has 7 heteroatoms. The molecule has 6 nitrogen and oxygen atoms in total. The molecule has 1 unspecified atom stereocenters. The van der Waals surface area contributed by atoms with E-state index in [1.54, 1.807) is 0 Å². The lowest BCUT2D eigenvalue weighted by Gasteiger charge is -2.25. The van der Waals surface area contributed by atoms with Crippen LogP contribution in [0.1, 0.15) is 49.5 Å². The van der Waals surface area contributed by atoms with Gasteiger partial charge in [0.2, 0.25) is 5.89 Å². The minimum absolute atomic E-state index is 0.0803. The van der Waals surface area contributed by atoms with Crippen molar-refractivity contribution in [3.8, 4) is 0 Å². The molecule has 2 aliphatic rings. The maximum absolute atomic E-state index is 11.9. The highest BCUT2D eigenvalue weighted by molar-refractivity contribution is 6.30. The number of halogens is 1. The number of fused-ring (bicyclic) bond motifs is 1. The number of hydrogen-bond donors (Lipinski definition) is 1. The Balaban J connectivity index is 1.46. The van der Waals surface area contributed by atoms with Gasteiger partial charge in [0.15, 0.2) is 5.82 Å². The number of rotatable bonds is 5. The van der Waals surface area contributed by atoms with Crippen LogP contribution in [0.3, 0.4) is 0 Å². The van der Waals surface area contributed by atoms with Gasteiger partial charge in [-0.1, -0.05) is 35.3 Å². The van der Waals surface area contributed by atoms with Crippen molar-refractivity contribution in [2.24, 2.45) is 11.3 Å². The van der Waals surface area contributed by atoms with Crippen molar-refractivity contribution in [1.29, 1.82) is 0 Å². The van der Waals surface area contributed by atoms with Crippen LogP contribution in [0.2, 0.25) is 5.02 Å². The Labute approximate surface area is 157 Å². The minimum atomic E-state index is -0.663. The number of aliphatic carboxylic acids is 1. The third-order valence-electron chi connectivity index (χ3n) is 5.99. The zero-order valence-electron chi connectivity index (χ0n) is 14.7. The van der Waals surface area contributed by atoms with Gasteiger partial charge in [0.05, 0.1) is 11.5 Å². The minimum Gasteiger partial charge on any atom is -0.481 e. The lowest BCUT2D eigenvalue weighted by atomic mass is 9.81. The first-order valence-electron chi connectivity index (χ1n) is 9.02. The number of carbonyl (C=O) groups is 1. The van der Waals surface area contributed by atoms with Gasteiger partial charge in [0.1, 0.15) is 0 Å². The van der Waals surface area contributed by atoms with Crippen molar-refractivity contribution >= 4 is 17.6 Å². The standard InChI is InChI=1S/C19H22ClN3O3/c1-12(23-10-14-3-2-8-19(14,11-23)18(24)25)17-21-16(22-26-17)9-13-4-6-15(20)7-5-13/h4-7,12,14H,2-3,8-11H2,1H3,(H,24,25)/t12?,14-,19+/m0/s1. The highest BCUT2D eigenvalue weighted by Crippen LogP contribution is 2.50. The number of benzene rings is 1. The molecule has 4 rings (SSSR count). The van der Waals surface area contributed by atoms with Gasteiger partial charge >= 0.3 is 5.97 Å². The van der Waals surface area contributed by atoms with E-state index in [1.807, 2.05) is 31.2 Å². The molecule has 1 aliphatic carbocycles. The molecule has 2 heterocycles. The fraction of sp³-hybridized carbons (Fsp3) is 0.526. The molecule has 0 bridgehead atoms. The molecule has 3 atom stereocenters. The predicted octanol–water partition coefficient (Wildman–Crippen LogP) is 3.56. The topological polar surface area (TPSA) is 79.5 Å². The van der Waals surface area contributed by atoms with Crippen molar-refractivity contribution in [2.45, 2.75) is 38.6 Å². The predicted molar refractivity (Wildman–Crippen MR) is 96.0 cm³/mol. The molecular formula is C19H22ClN3O3. The number of carboxylic acids is 1. The Kier molecular flexibility index (Phi) is 4.49. The fourth-order valence-electron chi connectivity index (χ4n) is 4.42. The summed E-state index contributed by atoms with van der Waals surface area (Å²) in [7, 11) is 0. The van der Waals surface area contributed by atoms with Crippen LogP contribution in [0, 0.1) is 11.3 Å². The van der Waals surface area contributed by atoms with Crippen molar-refractivity contribution < 1.29 is 14.4 Å². The number of nitrogens with zero attached hydrogens (tertiary/aromatic N) is 3.